The smallest absolute Gasteiger partial charge is 0.182 e. The number of hydrogen-bond donors (Lipinski definition) is 3. The summed E-state index contributed by atoms with van der Waals surface area (Å²) in [4.78, 5) is 0. The van der Waals surface area contributed by atoms with Crippen molar-refractivity contribution in [1.82, 2.24) is 0 Å². The Balaban J connectivity index is 2.97. The largest absolute Gasteiger partial charge is 0.392 e. The van der Waals surface area contributed by atoms with Crippen LogP contribution in [0.25, 0.3) is 0 Å². The molecule has 0 fully saturated rings. The summed E-state index contributed by atoms with van der Waals surface area (Å²) < 4.78 is 0. The summed E-state index contributed by atoms with van der Waals surface area (Å²) in [7, 11) is 0. The van der Waals surface area contributed by atoms with Crippen molar-refractivity contribution in [3.63, 3.8) is 0 Å². The van der Waals surface area contributed by atoms with Gasteiger partial charge in [-0.2, -0.15) is 5.26 Å². The molecule has 0 aliphatic rings. The summed E-state index contributed by atoms with van der Waals surface area (Å²) in [6.07, 6.45) is 0.530. The molecule has 1 atom stereocenters. The zero-order valence-corrected chi connectivity index (χ0v) is 9.40. The van der Waals surface area contributed by atoms with Gasteiger partial charge in [0.05, 0.1) is 13.2 Å². The Kier molecular flexibility index (Phi) is 4.02. The molecule has 0 bridgehead atoms. The molecule has 5 N–H and O–H groups in total. The molecule has 1 rings (SSSR count). The molecule has 0 aromatic heterocycles. The van der Waals surface area contributed by atoms with E-state index in [4.69, 9.17) is 15.5 Å². The van der Waals surface area contributed by atoms with Gasteiger partial charge in [0, 0.05) is 13.3 Å². The van der Waals surface area contributed by atoms with Gasteiger partial charge in [-0.05, 0) is 16.7 Å². The molecule has 0 aliphatic heterocycles. The molecular weight excluding hydrogens is 204 g/mol. The summed E-state index contributed by atoms with van der Waals surface area (Å²) in [5.41, 5.74) is 5.51. The second-order valence-electron chi connectivity index (χ2n) is 4.27. The van der Waals surface area contributed by atoms with E-state index in [9.17, 15) is 0 Å². The van der Waals surface area contributed by atoms with Crippen molar-refractivity contribution >= 4 is 0 Å². The van der Waals surface area contributed by atoms with Crippen LogP contribution in [-0.2, 0) is 19.6 Å². The third kappa shape index (κ3) is 3.04. The van der Waals surface area contributed by atoms with Crippen LogP contribution in [0.1, 0.15) is 23.6 Å². The van der Waals surface area contributed by atoms with Crippen LogP contribution in [0, 0.1) is 11.3 Å². The van der Waals surface area contributed by atoms with Gasteiger partial charge in [-0.25, -0.2) is 0 Å². The van der Waals surface area contributed by atoms with E-state index in [1.807, 2.05) is 12.1 Å². The van der Waals surface area contributed by atoms with E-state index in [0.717, 1.165) is 5.56 Å². The van der Waals surface area contributed by atoms with Crippen LogP contribution in [0.4, 0.5) is 0 Å². The van der Waals surface area contributed by atoms with E-state index >= 15 is 0 Å². The first kappa shape index (κ1) is 12.7. The van der Waals surface area contributed by atoms with Crippen LogP contribution in [-0.4, -0.2) is 15.8 Å². The first-order valence-corrected chi connectivity index (χ1v) is 5.11. The van der Waals surface area contributed by atoms with Crippen molar-refractivity contribution in [3.8, 4) is 6.07 Å². The fourth-order valence-corrected chi connectivity index (χ4v) is 1.58. The highest BCUT2D eigenvalue weighted by Gasteiger charge is 2.22. The molecule has 4 heteroatoms. The summed E-state index contributed by atoms with van der Waals surface area (Å²) >= 11 is 0. The summed E-state index contributed by atoms with van der Waals surface area (Å²) in [6.45, 7) is 1.58. The number of quaternary nitrogens is 1. The lowest BCUT2D eigenvalue weighted by molar-refractivity contribution is -0.448. The average molecular weight is 221 g/mol. The summed E-state index contributed by atoms with van der Waals surface area (Å²) in [6, 6.07) is 7.57. The van der Waals surface area contributed by atoms with E-state index in [2.05, 4.69) is 11.8 Å². The Morgan fingerprint density at radius 1 is 1.31 bits per heavy atom. The summed E-state index contributed by atoms with van der Waals surface area (Å²) in [5.74, 6) is 0. The van der Waals surface area contributed by atoms with E-state index < -0.39 is 5.54 Å². The Morgan fingerprint density at radius 2 is 1.94 bits per heavy atom. The van der Waals surface area contributed by atoms with Crippen molar-refractivity contribution in [2.24, 2.45) is 0 Å². The predicted octanol–water partition coefficient (Wildman–Crippen LogP) is -0.262. The van der Waals surface area contributed by atoms with Gasteiger partial charge in [-0.3, -0.25) is 0 Å². The maximum absolute atomic E-state index is 9.14. The van der Waals surface area contributed by atoms with E-state index in [1.54, 1.807) is 13.0 Å². The van der Waals surface area contributed by atoms with Gasteiger partial charge in [0.2, 0.25) is 0 Å². The molecular formula is C12H17N2O2+. The van der Waals surface area contributed by atoms with Gasteiger partial charge >= 0.3 is 0 Å². The zero-order valence-electron chi connectivity index (χ0n) is 9.40. The number of hydrogen-bond acceptors (Lipinski definition) is 3. The molecule has 4 nitrogen and oxygen atoms in total. The van der Waals surface area contributed by atoms with Crippen LogP contribution in [0.5, 0.6) is 0 Å². The van der Waals surface area contributed by atoms with Crippen LogP contribution >= 0.6 is 0 Å². The molecule has 0 unspecified atom stereocenters. The minimum Gasteiger partial charge on any atom is -0.392 e. The highest BCUT2D eigenvalue weighted by molar-refractivity contribution is 5.32. The number of benzene rings is 1. The monoisotopic (exact) mass is 221 g/mol. The zero-order chi connectivity index (χ0) is 12.2. The van der Waals surface area contributed by atoms with E-state index in [-0.39, 0.29) is 13.2 Å². The van der Waals surface area contributed by atoms with Crippen molar-refractivity contribution in [2.75, 3.05) is 0 Å². The van der Waals surface area contributed by atoms with E-state index in [1.165, 1.54) is 0 Å². The lowest BCUT2D eigenvalue weighted by atomic mass is 9.93. The topological polar surface area (TPSA) is 91.9 Å². The normalized spacial score (nSPS) is 14.2. The van der Waals surface area contributed by atoms with Gasteiger partial charge in [0.1, 0.15) is 6.07 Å². The van der Waals surface area contributed by atoms with Crippen molar-refractivity contribution in [3.05, 3.63) is 34.9 Å². The minimum atomic E-state index is -0.659. The molecule has 0 saturated heterocycles. The maximum Gasteiger partial charge on any atom is 0.182 e. The molecule has 0 saturated carbocycles. The third-order valence-electron chi connectivity index (χ3n) is 2.48. The van der Waals surface area contributed by atoms with Gasteiger partial charge in [-0.1, -0.05) is 18.2 Å². The SMILES string of the molecule is C[C@]([NH3+])(C#N)Cc1ccc(CO)c(CO)c1. The standard InChI is InChI=1S/C12H16N2O2/c1-12(14,8-13)5-9-2-3-10(6-15)11(4-9)7-16/h2-4,15-16H,5-7,14H2,1H3/p+1/t12-/m1/s1. The first-order chi connectivity index (χ1) is 7.52. The van der Waals surface area contributed by atoms with Crippen LogP contribution in [0.2, 0.25) is 0 Å². The van der Waals surface area contributed by atoms with Crippen LogP contribution in [0.15, 0.2) is 18.2 Å². The van der Waals surface area contributed by atoms with Crippen LogP contribution < -0.4 is 5.73 Å². The van der Waals surface area contributed by atoms with Crippen LogP contribution in [0.3, 0.4) is 0 Å². The maximum atomic E-state index is 9.14. The van der Waals surface area contributed by atoms with Crippen molar-refractivity contribution < 1.29 is 15.9 Å². The molecule has 0 spiro atoms. The number of rotatable bonds is 4. The number of aliphatic hydroxyl groups excluding tert-OH is 2. The minimum absolute atomic E-state index is 0.0872. The highest BCUT2D eigenvalue weighted by Crippen LogP contribution is 2.15. The highest BCUT2D eigenvalue weighted by atomic mass is 16.3. The van der Waals surface area contributed by atoms with Gasteiger partial charge in [0.15, 0.2) is 5.54 Å². The Hall–Kier alpha value is -1.41. The fraction of sp³-hybridized carbons (Fsp3) is 0.417. The quantitative estimate of drug-likeness (QED) is 0.654. The van der Waals surface area contributed by atoms with Gasteiger partial charge in [-0.15, -0.1) is 0 Å². The van der Waals surface area contributed by atoms with Crippen molar-refractivity contribution in [1.29, 1.82) is 5.26 Å². The number of nitrogens with zero attached hydrogens (tertiary/aromatic N) is 1. The number of aliphatic hydroxyl groups is 2. The van der Waals surface area contributed by atoms with Gasteiger partial charge < -0.3 is 15.9 Å². The molecule has 1 aromatic rings. The molecule has 1 aromatic carbocycles. The lowest BCUT2D eigenvalue weighted by Crippen LogP contribution is -2.71. The van der Waals surface area contributed by atoms with E-state index in [0.29, 0.717) is 17.5 Å². The van der Waals surface area contributed by atoms with Crippen molar-refractivity contribution in [2.45, 2.75) is 32.1 Å². The Morgan fingerprint density at radius 3 is 2.44 bits per heavy atom. The lowest BCUT2D eigenvalue weighted by Gasteiger charge is -2.13. The first-order valence-electron chi connectivity index (χ1n) is 5.11. The molecule has 16 heavy (non-hydrogen) atoms. The molecule has 0 amide bonds. The average Bonchev–Trinajstić information content (AvgIpc) is 2.28. The second kappa shape index (κ2) is 5.08. The molecule has 86 valence electrons. The Bertz CT molecular complexity index is 408. The molecule has 0 radical (unpaired) electrons. The third-order valence-corrected chi connectivity index (χ3v) is 2.48. The number of nitriles is 1. The molecule has 0 heterocycles. The molecule has 0 aliphatic carbocycles. The van der Waals surface area contributed by atoms with Gasteiger partial charge in [0.25, 0.3) is 0 Å². The Labute approximate surface area is 94.9 Å². The second-order valence-corrected chi connectivity index (χ2v) is 4.27. The summed E-state index contributed by atoms with van der Waals surface area (Å²) in [5, 5.41) is 27.1. The fourth-order valence-electron chi connectivity index (χ4n) is 1.58. The predicted molar refractivity (Wildman–Crippen MR) is 58.9 cm³/mol.